The minimum Gasteiger partial charge on any atom is -0.368 e. The molecule has 0 spiro atoms. The zero-order valence-electron chi connectivity index (χ0n) is 9.27. The quantitative estimate of drug-likeness (QED) is 0.891. The van der Waals surface area contributed by atoms with Crippen LogP contribution in [0.4, 0.5) is 11.9 Å². The normalized spacial score (nSPS) is 10.5. The van der Waals surface area contributed by atoms with Crippen LogP contribution in [0.1, 0.15) is 16.7 Å². The van der Waals surface area contributed by atoms with E-state index in [0.717, 1.165) is 6.42 Å². The van der Waals surface area contributed by atoms with E-state index in [9.17, 15) is 0 Å². The average molecular weight is 270 g/mol. The Morgan fingerprint density at radius 2 is 2.06 bits per heavy atom. The van der Waals surface area contributed by atoms with Crippen molar-refractivity contribution in [2.24, 2.45) is 0 Å². The van der Waals surface area contributed by atoms with Gasteiger partial charge in [0.2, 0.25) is 17.2 Å². The fourth-order valence-corrected chi connectivity index (χ4v) is 2.38. The Kier molecular flexibility index (Phi) is 3.75. The summed E-state index contributed by atoms with van der Waals surface area (Å²) in [6, 6.07) is 4.21. The predicted molar refractivity (Wildman–Crippen MR) is 70.3 cm³/mol. The van der Waals surface area contributed by atoms with Gasteiger partial charge in [0.15, 0.2) is 0 Å². The summed E-state index contributed by atoms with van der Waals surface area (Å²) >= 11 is 7.44. The highest BCUT2D eigenvalue weighted by atomic mass is 35.5. The fourth-order valence-electron chi connectivity index (χ4n) is 1.32. The van der Waals surface area contributed by atoms with Crippen molar-refractivity contribution in [3.05, 3.63) is 27.2 Å². The third-order valence-electron chi connectivity index (χ3n) is 2.11. The van der Waals surface area contributed by atoms with Crippen LogP contribution in [-0.4, -0.2) is 15.0 Å². The van der Waals surface area contributed by atoms with Gasteiger partial charge in [-0.25, -0.2) is 0 Å². The molecule has 7 heteroatoms. The van der Waals surface area contributed by atoms with Gasteiger partial charge < -0.3 is 11.1 Å². The number of anilines is 2. The number of aromatic nitrogens is 3. The lowest BCUT2D eigenvalue weighted by molar-refractivity contribution is 1.02. The molecule has 0 atom stereocenters. The Morgan fingerprint density at radius 1 is 1.29 bits per heavy atom. The summed E-state index contributed by atoms with van der Waals surface area (Å²) in [5.74, 6) is 0.516. The molecule has 0 saturated heterocycles. The number of nitrogens with zero attached hydrogens (tertiary/aromatic N) is 3. The highest BCUT2D eigenvalue weighted by Crippen LogP contribution is 2.18. The predicted octanol–water partition coefficient (Wildman–Crippen LogP) is 2.34. The van der Waals surface area contributed by atoms with Crippen molar-refractivity contribution in [3.63, 3.8) is 0 Å². The summed E-state index contributed by atoms with van der Waals surface area (Å²) in [7, 11) is 0. The van der Waals surface area contributed by atoms with Crippen LogP contribution in [0.3, 0.4) is 0 Å². The molecular weight excluding hydrogens is 258 g/mol. The summed E-state index contributed by atoms with van der Waals surface area (Å²) in [6.45, 7) is 2.79. The maximum absolute atomic E-state index is 5.68. The summed E-state index contributed by atoms with van der Waals surface area (Å²) in [5.41, 5.74) is 5.47. The first kappa shape index (κ1) is 12.1. The molecule has 2 aromatic heterocycles. The number of nitrogens with one attached hydrogen (secondary N) is 1. The van der Waals surface area contributed by atoms with E-state index in [0.29, 0.717) is 12.5 Å². The van der Waals surface area contributed by atoms with Crippen LogP contribution in [0.5, 0.6) is 0 Å². The van der Waals surface area contributed by atoms with Crippen molar-refractivity contribution in [3.8, 4) is 0 Å². The van der Waals surface area contributed by atoms with Crippen molar-refractivity contribution >= 4 is 34.8 Å². The van der Waals surface area contributed by atoms with Gasteiger partial charge in [-0.2, -0.15) is 15.0 Å². The Morgan fingerprint density at radius 3 is 2.71 bits per heavy atom. The molecule has 5 nitrogen and oxygen atoms in total. The monoisotopic (exact) mass is 269 g/mol. The summed E-state index contributed by atoms with van der Waals surface area (Å²) in [4.78, 5) is 14.1. The molecule has 3 N–H and O–H groups in total. The van der Waals surface area contributed by atoms with Gasteiger partial charge in [-0.05, 0) is 30.2 Å². The van der Waals surface area contributed by atoms with Crippen LogP contribution in [0, 0.1) is 0 Å². The fraction of sp³-hybridized carbons (Fsp3) is 0.300. The molecule has 0 fully saturated rings. The number of nitrogens with two attached hydrogens (primary N) is 1. The second kappa shape index (κ2) is 5.29. The van der Waals surface area contributed by atoms with Crippen molar-refractivity contribution in [2.75, 3.05) is 11.1 Å². The summed E-state index contributed by atoms with van der Waals surface area (Å²) in [5, 5.41) is 3.16. The molecule has 0 bridgehead atoms. The zero-order valence-corrected chi connectivity index (χ0v) is 10.8. The number of rotatable bonds is 4. The van der Waals surface area contributed by atoms with E-state index >= 15 is 0 Å². The van der Waals surface area contributed by atoms with Crippen LogP contribution < -0.4 is 11.1 Å². The van der Waals surface area contributed by atoms with Gasteiger partial charge >= 0.3 is 0 Å². The molecule has 0 saturated carbocycles. The minimum absolute atomic E-state index is 0.0976. The van der Waals surface area contributed by atoms with E-state index in [1.54, 1.807) is 11.3 Å². The van der Waals surface area contributed by atoms with Crippen molar-refractivity contribution < 1.29 is 0 Å². The first-order chi connectivity index (χ1) is 8.17. The third-order valence-corrected chi connectivity index (χ3v) is 3.51. The lowest BCUT2D eigenvalue weighted by atomic mass is 10.4. The Bertz CT molecular complexity index is 493. The van der Waals surface area contributed by atoms with Crippen LogP contribution in [0.15, 0.2) is 12.1 Å². The number of hydrogen-bond donors (Lipinski definition) is 2. The standard InChI is InChI=1S/C10H12ClN5S/c1-2-6-3-4-7(17-6)5-13-10-15-8(11)14-9(12)16-10/h3-4H,2,5H2,1H3,(H3,12,13,14,15,16). The largest absolute Gasteiger partial charge is 0.368 e. The zero-order chi connectivity index (χ0) is 12.3. The molecule has 0 unspecified atom stereocenters. The molecule has 0 radical (unpaired) electrons. The minimum atomic E-state index is 0.0976. The molecule has 0 aliphatic heterocycles. The number of thiophene rings is 1. The van der Waals surface area contributed by atoms with Crippen molar-refractivity contribution in [1.82, 2.24) is 15.0 Å². The van der Waals surface area contributed by atoms with Crippen molar-refractivity contribution in [2.45, 2.75) is 19.9 Å². The molecule has 0 amide bonds. The third kappa shape index (κ3) is 3.28. The van der Waals surface area contributed by atoms with E-state index in [1.165, 1.54) is 9.75 Å². The van der Waals surface area contributed by atoms with Crippen LogP contribution >= 0.6 is 22.9 Å². The van der Waals surface area contributed by atoms with E-state index in [2.05, 4.69) is 39.3 Å². The van der Waals surface area contributed by atoms with Crippen LogP contribution in [0.25, 0.3) is 0 Å². The lowest BCUT2D eigenvalue weighted by Crippen LogP contribution is -2.06. The van der Waals surface area contributed by atoms with E-state index in [-0.39, 0.29) is 11.2 Å². The van der Waals surface area contributed by atoms with Gasteiger partial charge in [-0.3, -0.25) is 0 Å². The Balaban J connectivity index is 2.01. The van der Waals surface area contributed by atoms with Gasteiger partial charge in [0.25, 0.3) is 0 Å². The molecular formula is C10H12ClN5S. The molecule has 2 heterocycles. The molecule has 17 heavy (non-hydrogen) atoms. The van der Waals surface area contributed by atoms with Gasteiger partial charge in [0, 0.05) is 9.75 Å². The summed E-state index contributed by atoms with van der Waals surface area (Å²) < 4.78 is 0. The Labute approximate surface area is 108 Å². The molecule has 2 aromatic rings. The topological polar surface area (TPSA) is 76.7 Å². The first-order valence-electron chi connectivity index (χ1n) is 5.16. The first-order valence-corrected chi connectivity index (χ1v) is 6.35. The van der Waals surface area contributed by atoms with E-state index in [4.69, 9.17) is 17.3 Å². The number of hydrogen-bond acceptors (Lipinski definition) is 6. The van der Waals surface area contributed by atoms with Crippen LogP contribution in [0.2, 0.25) is 5.28 Å². The van der Waals surface area contributed by atoms with E-state index < -0.39 is 0 Å². The second-order valence-electron chi connectivity index (χ2n) is 3.36. The molecule has 0 aliphatic rings. The number of halogens is 1. The van der Waals surface area contributed by atoms with Crippen molar-refractivity contribution in [1.29, 1.82) is 0 Å². The van der Waals surface area contributed by atoms with Gasteiger partial charge in [0.1, 0.15) is 0 Å². The maximum atomic E-state index is 5.68. The van der Waals surface area contributed by atoms with Gasteiger partial charge in [-0.15, -0.1) is 11.3 Å². The van der Waals surface area contributed by atoms with Gasteiger partial charge in [0.05, 0.1) is 6.54 Å². The highest BCUT2D eigenvalue weighted by molar-refractivity contribution is 7.12. The van der Waals surface area contributed by atoms with E-state index in [1.807, 2.05) is 0 Å². The Hall–Kier alpha value is -1.40. The molecule has 90 valence electrons. The van der Waals surface area contributed by atoms with Gasteiger partial charge in [-0.1, -0.05) is 6.92 Å². The molecule has 0 aliphatic carbocycles. The summed E-state index contributed by atoms with van der Waals surface area (Å²) in [6.07, 6.45) is 1.05. The van der Waals surface area contributed by atoms with Crippen LogP contribution in [-0.2, 0) is 13.0 Å². The number of aryl methyl sites for hydroxylation is 1. The molecule has 0 aromatic carbocycles. The average Bonchev–Trinajstić information content (AvgIpc) is 2.73. The smallest absolute Gasteiger partial charge is 0.229 e. The maximum Gasteiger partial charge on any atom is 0.229 e. The number of nitrogen functional groups attached to an aromatic ring is 1. The molecule has 2 rings (SSSR count). The SMILES string of the molecule is CCc1ccc(CNc2nc(N)nc(Cl)n2)s1. The second-order valence-corrected chi connectivity index (χ2v) is 4.95. The lowest BCUT2D eigenvalue weighted by Gasteiger charge is -2.03. The highest BCUT2D eigenvalue weighted by Gasteiger charge is 2.03.